The average Bonchev–Trinajstić information content (AvgIpc) is 3.11. The van der Waals surface area contributed by atoms with Crippen LogP contribution in [0.25, 0.3) is 0 Å². The number of carbonyl (C=O) groups is 1. The molecule has 1 aromatic rings. The lowest BCUT2D eigenvalue weighted by atomic mass is 9.68. The van der Waals surface area contributed by atoms with Gasteiger partial charge in [-0.25, -0.2) is 0 Å². The summed E-state index contributed by atoms with van der Waals surface area (Å²) < 4.78 is 0. The Morgan fingerprint density at radius 2 is 1.70 bits per heavy atom. The Morgan fingerprint density at radius 1 is 1.00 bits per heavy atom. The number of hydrogen-bond acceptors (Lipinski definition) is 6. The Bertz CT molecular complexity index is 897. The standard InChI is InChI=1S/C30H48N4O3/c1-32(2)30(25-12-4-3-5-13-25)17-15-29(16-18-30)22-33(28(37)34(29)20-23-9-8-10-23)21-27(36)31-19-24-11-6-7-14-26(24)35/h3-5,12-13,23-24,26,28,35,37H,6-11,14-22H2,1-2H3,(H,31,36)/t24?,26-,28?,29?,30?/m1/s1. The third kappa shape index (κ3) is 5.48. The molecule has 5 rings (SSSR count). The van der Waals surface area contributed by atoms with E-state index in [2.05, 4.69) is 59.5 Å². The summed E-state index contributed by atoms with van der Waals surface area (Å²) in [4.78, 5) is 19.7. The lowest BCUT2D eigenvalue weighted by molar-refractivity contribution is -0.130. The highest BCUT2D eigenvalue weighted by atomic mass is 16.3. The summed E-state index contributed by atoms with van der Waals surface area (Å²) >= 11 is 0. The van der Waals surface area contributed by atoms with Gasteiger partial charge in [-0.05, 0) is 76.9 Å². The Morgan fingerprint density at radius 3 is 2.32 bits per heavy atom. The van der Waals surface area contributed by atoms with E-state index in [9.17, 15) is 15.0 Å². The highest BCUT2D eigenvalue weighted by Gasteiger charge is 2.55. The first-order chi connectivity index (χ1) is 17.8. The zero-order valence-electron chi connectivity index (χ0n) is 22.9. The quantitative estimate of drug-likeness (QED) is 0.497. The van der Waals surface area contributed by atoms with Gasteiger partial charge in [0.05, 0.1) is 12.6 Å². The molecule has 1 aromatic carbocycles. The Balaban J connectivity index is 1.27. The molecule has 3 aliphatic carbocycles. The fourth-order valence-electron chi connectivity index (χ4n) is 7.60. The summed E-state index contributed by atoms with van der Waals surface area (Å²) in [5.41, 5.74) is 1.29. The molecule has 1 amide bonds. The average molecular weight is 513 g/mol. The highest BCUT2D eigenvalue weighted by Crippen LogP contribution is 2.50. The molecule has 1 aliphatic heterocycles. The van der Waals surface area contributed by atoms with Gasteiger partial charge in [0.1, 0.15) is 0 Å². The molecular weight excluding hydrogens is 464 g/mol. The minimum absolute atomic E-state index is 0.00519. The normalized spacial score (nSPS) is 35.6. The van der Waals surface area contributed by atoms with Crippen molar-refractivity contribution in [2.24, 2.45) is 11.8 Å². The predicted molar refractivity (Wildman–Crippen MR) is 146 cm³/mol. The minimum atomic E-state index is -0.713. The van der Waals surface area contributed by atoms with Crippen LogP contribution in [0.15, 0.2) is 30.3 Å². The largest absolute Gasteiger partial charge is 0.393 e. The number of rotatable bonds is 8. The molecule has 0 aromatic heterocycles. The van der Waals surface area contributed by atoms with Gasteiger partial charge in [-0.3, -0.25) is 19.5 Å². The van der Waals surface area contributed by atoms with Crippen LogP contribution < -0.4 is 5.32 Å². The maximum atomic E-state index is 13.0. The number of benzene rings is 1. The van der Waals surface area contributed by atoms with Crippen LogP contribution in [0.2, 0.25) is 0 Å². The van der Waals surface area contributed by atoms with Crippen molar-refractivity contribution in [1.82, 2.24) is 20.0 Å². The van der Waals surface area contributed by atoms with Gasteiger partial charge >= 0.3 is 0 Å². The molecule has 3 atom stereocenters. The van der Waals surface area contributed by atoms with Crippen LogP contribution in [0.1, 0.15) is 76.2 Å². The molecule has 0 radical (unpaired) electrons. The fraction of sp³-hybridized carbons (Fsp3) is 0.767. The second-order valence-corrected chi connectivity index (χ2v) is 12.6. The van der Waals surface area contributed by atoms with Gasteiger partial charge in [0.15, 0.2) is 6.35 Å². The highest BCUT2D eigenvalue weighted by molar-refractivity contribution is 5.78. The molecule has 4 fully saturated rings. The van der Waals surface area contributed by atoms with Gasteiger partial charge < -0.3 is 15.5 Å². The van der Waals surface area contributed by atoms with E-state index in [4.69, 9.17) is 0 Å². The molecule has 2 unspecified atom stereocenters. The maximum Gasteiger partial charge on any atom is 0.234 e. The molecule has 37 heavy (non-hydrogen) atoms. The molecule has 1 saturated heterocycles. The predicted octanol–water partition coefficient (Wildman–Crippen LogP) is 3.12. The Hall–Kier alpha value is -1.51. The molecule has 3 saturated carbocycles. The van der Waals surface area contributed by atoms with Crippen molar-refractivity contribution in [2.75, 3.05) is 40.3 Å². The van der Waals surface area contributed by atoms with E-state index in [1.807, 2.05) is 4.90 Å². The second kappa shape index (κ2) is 11.3. The van der Waals surface area contributed by atoms with E-state index >= 15 is 0 Å². The molecule has 1 heterocycles. The number of nitrogens with zero attached hydrogens (tertiary/aromatic N) is 3. The Kier molecular flexibility index (Phi) is 8.27. The van der Waals surface area contributed by atoms with Crippen LogP contribution in [-0.4, -0.2) is 89.1 Å². The molecule has 3 N–H and O–H groups in total. The van der Waals surface area contributed by atoms with Crippen molar-refractivity contribution in [2.45, 2.75) is 94.2 Å². The molecular formula is C30H48N4O3. The van der Waals surface area contributed by atoms with Crippen molar-refractivity contribution >= 4 is 5.91 Å². The molecule has 206 valence electrons. The van der Waals surface area contributed by atoms with E-state index in [1.165, 1.54) is 24.8 Å². The number of hydrogen-bond donors (Lipinski definition) is 3. The van der Waals surface area contributed by atoms with E-state index in [1.54, 1.807) is 0 Å². The number of nitrogens with one attached hydrogen (secondary N) is 1. The van der Waals surface area contributed by atoms with E-state index in [0.717, 1.165) is 64.5 Å². The van der Waals surface area contributed by atoms with Crippen molar-refractivity contribution in [3.63, 3.8) is 0 Å². The van der Waals surface area contributed by atoms with Crippen molar-refractivity contribution in [3.05, 3.63) is 35.9 Å². The van der Waals surface area contributed by atoms with E-state index in [-0.39, 0.29) is 35.6 Å². The number of aliphatic hydroxyl groups excluding tert-OH is 2. The van der Waals surface area contributed by atoms with Gasteiger partial charge in [0, 0.05) is 36.6 Å². The van der Waals surface area contributed by atoms with E-state index < -0.39 is 6.35 Å². The van der Waals surface area contributed by atoms with Gasteiger partial charge in [-0.1, -0.05) is 49.6 Å². The van der Waals surface area contributed by atoms with Gasteiger partial charge in [0.2, 0.25) is 5.91 Å². The second-order valence-electron chi connectivity index (χ2n) is 12.6. The maximum absolute atomic E-state index is 13.0. The number of aliphatic hydroxyl groups is 2. The Labute approximate surface area is 223 Å². The fourth-order valence-corrected chi connectivity index (χ4v) is 7.60. The first-order valence-electron chi connectivity index (χ1n) is 14.7. The lowest BCUT2D eigenvalue weighted by Gasteiger charge is -2.52. The molecule has 7 nitrogen and oxygen atoms in total. The summed E-state index contributed by atoms with van der Waals surface area (Å²) in [5.74, 6) is 0.765. The van der Waals surface area contributed by atoms with Crippen LogP contribution in [-0.2, 0) is 10.3 Å². The third-order valence-electron chi connectivity index (χ3n) is 10.3. The zero-order chi connectivity index (χ0) is 26.0. The molecule has 4 aliphatic rings. The monoisotopic (exact) mass is 512 g/mol. The van der Waals surface area contributed by atoms with Crippen molar-refractivity contribution in [1.29, 1.82) is 0 Å². The van der Waals surface area contributed by atoms with Gasteiger partial charge in [-0.2, -0.15) is 0 Å². The smallest absolute Gasteiger partial charge is 0.234 e. The SMILES string of the molecule is CN(C)C1(c2ccccc2)CCC2(CC1)CN(CC(=O)NCC1CCCC[C@H]1O)C(O)N2CC1CCC1. The van der Waals surface area contributed by atoms with Crippen LogP contribution in [0.4, 0.5) is 0 Å². The third-order valence-corrected chi connectivity index (χ3v) is 10.3. The van der Waals surface area contributed by atoms with E-state index in [0.29, 0.717) is 12.5 Å². The van der Waals surface area contributed by atoms with Gasteiger partial charge in [-0.15, -0.1) is 0 Å². The first kappa shape index (κ1) is 27.1. The summed E-state index contributed by atoms with van der Waals surface area (Å²) in [6.45, 7) is 2.40. The topological polar surface area (TPSA) is 79.3 Å². The molecule has 0 bridgehead atoms. The molecule has 7 heteroatoms. The van der Waals surface area contributed by atoms with Crippen LogP contribution in [0.3, 0.4) is 0 Å². The van der Waals surface area contributed by atoms with Crippen LogP contribution in [0, 0.1) is 11.8 Å². The van der Waals surface area contributed by atoms with Crippen LogP contribution >= 0.6 is 0 Å². The summed E-state index contributed by atoms with van der Waals surface area (Å²) in [7, 11) is 4.39. The molecule has 1 spiro atoms. The lowest BCUT2D eigenvalue weighted by Crippen LogP contribution is -2.57. The van der Waals surface area contributed by atoms with Gasteiger partial charge in [0.25, 0.3) is 0 Å². The first-order valence-corrected chi connectivity index (χ1v) is 14.7. The summed E-state index contributed by atoms with van der Waals surface area (Å²) in [6, 6.07) is 10.9. The van der Waals surface area contributed by atoms with Crippen LogP contribution in [0.5, 0.6) is 0 Å². The summed E-state index contributed by atoms with van der Waals surface area (Å²) in [5, 5.41) is 24.9. The summed E-state index contributed by atoms with van der Waals surface area (Å²) in [6.07, 6.45) is 10.9. The number of carbonyl (C=O) groups excluding carboxylic acids is 1. The minimum Gasteiger partial charge on any atom is -0.393 e. The van der Waals surface area contributed by atoms with Crippen molar-refractivity contribution in [3.8, 4) is 0 Å². The zero-order valence-corrected chi connectivity index (χ0v) is 22.9. The number of amides is 1. The van der Waals surface area contributed by atoms with Crippen molar-refractivity contribution < 1.29 is 15.0 Å².